The molecular formula is C19H22O4. The second-order valence-electron chi connectivity index (χ2n) is 5.56. The number of hydrogen-bond acceptors (Lipinski definition) is 3. The van der Waals surface area contributed by atoms with Crippen molar-refractivity contribution in [2.24, 2.45) is 0 Å². The number of methoxy groups -OCH3 is 1. The Hall–Kier alpha value is -2.49. The molecule has 23 heavy (non-hydrogen) atoms. The van der Waals surface area contributed by atoms with Crippen LogP contribution in [0, 0.1) is 13.8 Å². The van der Waals surface area contributed by atoms with Gasteiger partial charge >= 0.3 is 5.97 Å². The summed E-state index contributed by atoms with van der Waals surface area (Å²) in [4.78, 5) is 11.6. The highest BCUT2D eigenvalue weighted by atomic mass is 16.5. The van der Waals surface area contributed by atoms with Crippen LogP contribution in [0.3, 0.4) is 0 Å². The van der Waals surface area contributed by atoms with Crippen LogP contribution in [0.2, 0.25) is 0 Å². The fourth-order valence-electron chi connectivity index (χ4n) is 2.51. The average molecular weight is 314 g/mol. The van der Waals surface area contributed by atoms with E-state index < -0.39 is 11.9 Å². The van der Waals surface area contributed by atoms with Crippen molar-refractivity contribution in [3.8, 4) is 11.5 Å². The molecule has 4 heteroatoms. The summed E-state index contributed by atoms with van der Waals surface area (Å²) in [6, 6.07) is 13.2. The Bertz CT molecular complexity index is 662. The van der Waals surface area contributed by atoms with E-state index in [1.165, 1.54) is 0 Å². The largest absolute Gasteiger partial charge is 0.497 e. The van der Waals surface area contributed by atoms with E-state index in [0.717, 1.165) is 22.4 Å². The highest BCUT2D eigenvalue weighted by molar-refractivity contribution is 5.76. The van der Waals surface area contributed by atoms with Crippen LogP contribution in [0.25, 0.3) is 0 Å². The van der Waals surface area contributed by atoms with E-state index in [1.807, 2.05) is 56.3 Å². The third kappa shape index (κ3) is 4.49. The van der Waals surface area contributed by atoms with Crippen molar-refractivity contribution in [2.75, 3.05) is 13.7 Å². The van der Waals surface area contributed by atoms with Crippen LogP contribution in [0.4, 0.5) is 0 Å². The van der Waals surface area contributed by atoms with Gasteiger partial charge in [-0.3, -0.25) is 4.79 Å². The molecule has 0 heterocycles. The van der Waals surface area contributed by atoms with Crippen molar-refractivity contribution in [3.63, 3.8) is 0 Å². The van der Waals surface area contributed by atoms with Crippen LogP contribution in [-0.2, 0) is 4.79 Å². The minimum absolute atomic E-state index is 0.344. The molecular weight excluding hydrogens is 292 g/mol. The van der Waals surface area contributed by atoms with Crippen LogP contribution in [0.1, 0.15) is 29.0 Å². The second-order valence-corrected chi connectivity index (χ2v) is 5.56. The van der Waals surface area contributed by atoms with Crippen molar-refractivity contribution in [2.45, 2.75) is 26.2 Å². The number of benzene rings is 2. The van der Waals surface area contributed by atoms with Gasteiger partial charge in [0.05, 0.1) is 19.6 Å². The third-order valence-corrected chi connectivity index (χ3v) is 3.84. The summed E-state index contributed by atoms with van der Waals surface area (Å²) in [5.74, 6) is 0.0808. The number of carboxylic acids is 1. The molecule has 0 saturated heterocycles. The average Bonchev–Trinajstić information content (AvgIpc) is 2.54. The lowest BCUT2D eigenvalue weighted by molar-refractivity contribution is -0.139. The molecule has 0 aliphatic heterocycles. The van der Waals surface area contributed by atoms with E-state index in [9.17, 15) is 9.90 Å². The number of carboxylic acid groups (broad SMARTS) is 1. The molecule has 0 aliphatic rings. The SMILES string of the molecule is COc1ccc(OCCC(C(=O)O)c2cc(C)ccc2C)cc1. The first kappa shape index (κ1) is 16.9. The highest BCUT2D eigenvalue weighted by Crippen LogP contribution is 2.25. The van der Waals surface area contributed by atoms with Gasteiger partial charge in [-0.2, -0.15) is 0 Å². The summed E-state index contributed by atoms with van der Waals surface area (Å²) in [7, 11) is 1.61. The van der Waals surface area contributed by atoms with Gasteiger partial charge in [0.1, 0.15) is 11.5 Å². The van der Waals surface area contributed by atoms with Gasteiger partial charge in [-0.1, -0.05) is 23.8 Å². The summed E-state index contributed by atoms with van der Waals surface area (Å²) in [6.45, 7) is 4.25. The molecule has 0 amide bonds. The lowest BCUT2D eigenvalue weighted by Crippen LogP contribution is -2.16. The topological polar surface area (TPSA) is 55.8 Å². The Kier molecular flexibility index (Phi) is 5.63. The summed E-state index contributed by atoms with van der Waals surface area (Å²) >= 11 is 0. The molecule has 1 unspecified atom stereocenters. The lowest BCUT2D eigenvalue weighted by Gasteiger charge is -2.16. The van der Waals surface area contributed by atoms with Crippen LogP contribution < -0.4 is 9.47 Å². The van der Waals surface area contributed by atoms with Crippen molar-refractivity contribution in [1.29, 1.82) is 0 Å². The Morgan fingerprint density at radius 2 is 1.74 bits per heavy atom. The van der Waals surface area contributed by atoms with E-state index >= 15 is 0 Å². The number of aryl methyl sites for hydroxylation is 2. The van der Waals surface area contributed by atoms with Crippen molar-refractivity contribution >= 4 is 5.97 Å². The molecule has 1 atom stereocenters. The van der Waals surface area contributed by atoms with Gasteiger partial charge < -0.3 is 14.6 Å². The summed E-state index contributed by atoms with van der Waals surface area (Å²) in [5.41, 5.74) is 2.91. The molecule has 2 aromatic rings. The predicted molar refractivity (Wildman–Crippen MR) is 89.4 cm³/mol. The molecule has 0 spiro atoms. The Morgan fingerprint density at radius 1 is 1.09 bits per heavy atom. The van der Waals surface area contributed by atoms with Gasteiger partial charge in [0.25, 0.3) is 0 Å². The zero-order valence-electron chi connectivity index (χ0n) is 13.7. The molecule has 0 aliphatic carbocycles. The summed E-state index contributed by atoms with van der Waals surface area (Å²) in [5, 5.41) is 9.54. The van der Waals surface area contributed by atoms with E-state index in [0.29, 0.717) is 18.8 Å². The summed E-state index contributed by atoms with van der Waals surface area (Å²) < 4.78 is 10.8. The number of rotatable bonds is 7. The highest BCUT2D eigenvalue weighted by Gasteiger charge is 2.21. The summed E-state index contributed by atoms with van der Waals surface area (Å²) in [6.07, 6.45) is 0.422. The maximum absolute atomic E-state index is 11.6. The first-order chi connectivity index (χ1) is 11.0. The van der Waals surface area contributed by atoms with Crippen LogP contribution in [-0.4, -0.2) is 24.8 Å². The normalized spacial score (nSPS) is 11.8. The van der Waals surface area contributed by atoms with Gasteiger partial charge in [0.15, 0.2) is 0 Å². The maximum atomic E-state index is 11.6. The van der Waals surface area contributed by atoms with Crippen molar-refractivity contribution in [3.05, 3.63) is 59.2 Å². The minimum atomic E-state index is -0.822. The molecule has 4 nitrogen and oxygen atoms in total. The number of ether oxygens (including phenoxy) is 2. The van der Waals surface area contributed by atoms with Gasteiger partial charge in [-0.05, 0) is 55.7 Å². The first-order valence-electron chi connectivity index (χ1n) is 7.58. The van der Waals surface area contributed by atoms with Crippen molar-refractivity contribution in [1.82, 2.24) is 0 Å². The number of hydrogen-bond donors (Lipinski definition) is 1. The van der Waals surface area contributed by atoms with Gasteiger partial charge in [-0.15, -0.1) is 0 Å². The fourth-order valence-corrected chi connectivity index (χ4v) is 2.51. The maximum Gasteiger partial charge on any atom is 0.311 e. The predicted octanol–water partition coefficient (Wildman–Crippen LogP) is 3.95. The molecule has 0 bridgehead atoms. The Balaban J connectivity index is 2.02. The Morgan fingerprint density at radius 3 is 2.35 bits per heavy atom. The van der Waals surface area contributed by atoms with Crippen molar-refractivity contribution < 1.29 is 19.4 Å². The standard InChI is InChI=1S/C19H22O4/c1-13-4-5-14(2)18(12-13)17(19(20)21)10-11-23-16-8-6-15(22-3)7-9-16/h4-9,12,17H,10-11H2,1-3H3,(H,20,21). The molecule has 2 aromatic carbocycles. The molecule has 2 rings (SSSR count). The zero-order chi connectivity index (χ0) is 16.8. The van der Waals surface area contributed by atoms with E-state index in [4.69, 9.17) is 9.47 Å². The Labute approximate surface area is 136 Å². The quantitative estimate of drug-likeness (QED) is 0.840. The first-order valence-corrected chi connectivity index (χ1v) is 7.58. The monoisotopic (exact) mass is 314 g/mol. The third-order valence-electron chi connectivity index (χ3n) is 3.84. The molecule has 0 saturated carbocycles. The number of carbonyl (C=O) groups is 1. The fraction of sp³-hybridized carbons (Fsp3) is 0.316. The van der Waals surface area contributed by atoms with E-state index in [2.05, 4.69) is 0 Å². The van der Waals surface area contributed by atoms with Gasteiger partial charge in [-0.25, -0.2) is 0 Å². The second kappa shape index (κ2) is 7.68. The van der Waals surface area contributed by atoms with Crippen LogP contribution in [0.5, 0.6) is 11.5 Å². The van der Waals surface area contributed by atoms with Crippen LogP contribution in [0.15, 0.2) is 42.5 Å². The zero-order valence-corrected chi connectivity index (χ0v) is 13.7. The molecule has 0 aromatic heterocycles. The molecule has 122 valence electrons. The van der Waals surface area contributed by atoms with Gasteiger partial charge in [0, 0.05) is 0 Å². The lowest BCUT2D eigenvalue weighted by atomic mass is 9.91. The number of aliphatic carboxylic acids is 1. The minimum Gasteiger partial charge on any atom is -0.497 e. The van der Waals surface area contributed by atoms with Gasteiger partial charge in [0.2, 0.25) is 0 Å². The molecule has 1 N–H and O–H groups in total. The van der Waals surface area contributed by atoms with E-state index in [1.54, 1.807) is 7.11 Å². The molecule has 0 radical (unpaired) electrons. The van der Waals surface area contributed by atoms with E-state index in [-0.39, 0.29) is 0 Å². The smallest absolute Gasteiger partial charge is 0.311 e. The van der Waals surface area contributed by atoms with Crippen LogP contribution >= 0.6 is 0 Å². The molecule has 0 fully saturated rings.